The van der Waals surface area contributed by atoms with Crippen LogP contribution in [0.1, 0.15) is 0 Å². The van der Waals surface area contributed by atoms with E-state index in [0.717, 1.165) is 26.2 Å². The molecule has 0 bridgehead atoms. The molecule has 0 aromatic heterocycles. The number of hydrogen-bond donors (Lipinski definition) is 1. The maximum atomic E-state index is 4.11. The first kappa shape index (κ1) is 7.61. The van der Waals surface area contributed by atoms with Crippen molar-refractivity contribution in [2.75, 3.05) is 26.2 Å². The monoisotopic (exact) mass is 269 g/mol. The number of nitrogens with zero attached hydrogens (tertiary/aromatic N) is 1. The van der Waals surface area contributed by atoms with Crippen molar-refractivity contribution >= 4 is 0 Å². The second-order valence-corrected chi connectivity index (χ2v) is 1.42. The van der Waals surface area contributed by atoms with Crippen LogP contribution >= 0.6 is 0 Å². The Bertz CT molecular complexity index is 25.2. The first-order valence-electron chi connectivity index (χ1n) is 2.34. The summed E-state index contributed by atoms with van der Waals surface area (Å²) in [5.41, 5.74) is 0. The van der Waals surface area contributed by atoms with Crippen LogP contribution in [0.15, 0.2) is 0 Å². The normalized spacial score (nSPS) is 20.6. The number of piperazine rings is 1. The zero-order chi connectivity index (χ0) is 4.24. The SMILES string of the molecule is C1CNCC[N-]1.[W]. The first-order chi connectivity index (χ1) is 3.00. The van der Waals surface area contributed by atoms with Crippen molar-refractivity contribution in [1.29, 1.82) is 0 Å². The van der Waals surface area contributed by atoms with E-state index in [1.807, 2.05) is 0 Å². The molecule has 1 aliphatic heterocycles. The minimum Gasteiger partial charge on any atom is -0.660 e. The van der Waals surface area contributed by atoms with Gasteiger partial charge in [-0.3, -0.25) is 0 Å². The van der Waals surface area contributed by atoms with Gasteiger partial charge in [0.15, 0.2) is 0 Å². The molecule has 1 fully saturated rings. The van der Waals surface area contributed by atoms with Crippen LogP contribution < -0.4 is 5.32 Å². The van der Waals surface area contributed by atoms with Gasteiger partial charge in [0.25, 0.3) is 0 Å². The van der Waals surface area contributed by atoms with Crippen molar-refractivity contribution in [2.24, 2.45) is 0 Å². The Labute approximate surface area is 58.3 Å². The van der Waals surface area contributed by atoms with Crippen LogP contribution in [0.25, 0.3) is 5.32 Å². The molecule has 0 aliphatic carbocycles. The molecule has 0 radical (unpaired) electrons. The molecular weight excluding hydrogens is 260 g/mol. The quantitative estimate of drug-likeness (QED) is 0.656. The van der Waals surface area contributed by atoms with Crippen LogP contribution in [-0.4, -0.2) is 26.2 Å². The Kier molecular flexibility index (Phi) is 5.17. The predicted molar refractivity (Wildman–Crippen MR) is 26.0 cm³/mol. The third kappa shape index (κ3) is 3.21. The van der Waals surface area contributed by atoms with Crippen LogP contribution in [-0.2, 0) is 21.1 Å². The van der Waals surface area contributed by atoms with Gasteiger partial charge in [0.2, 0.25) is 0 Å². The summed E-state index contributed by atoms with van der Waals surface area (Å²) in [5.74, 6) is 0. The summed E-state index contributed by atoms with van der Waals surface area (Å²) >= 11 is 0. The van der Waals surface area contributed by atoms with Crippen LogP contribution in [0, 0.1) is 0 Å². The summed E-state index contributed by atoms with van der Waals surface area (Å²) in [5, 5.41) is 7.31. The minimum atomic E-state index is 0. The van der Waals surface area contributed by atoms with E-state index in [9.17, 15) is 0 Å². The molecule has 0 spiro atoms. The Morgan fingerprint density at radius 1 is 1.14 bits per heavy atom. The zero-order valence-corrected chi connectivity index (χ0v) is 7.12. The van der Waals surface area contributed by atoms with Gasteiger partial charge in [0.05, 0.1) is 0 Å². The third-order valence-corrected chi connectivity index (χ3v) is 0.893. The zero-order valence-electron chi connectivity index (χ0n) is 4.18. The van der Waals surface area contributed by atoms with E-state index in [-0.39, 0.29) is 21.1 Å². The van der Waals surface area contributed by atoms with E-state index < -0.39 is 0 Å². The maximum absolute atomic E-state index is 4.11. The molecule has 0 amide bonds. The van der Waals surface area contributed by atoms with Gasteiger partial charge in [-0.15, -0.1) is 13.1 Å². The molecule has 0 unspecified atom stereocenters. The molecule has 1 rings (SSSR count). The van der Waals surface area contributed by atoms with E-state index in [4.69, 9.17) is 0 Å². The Hall–Kier alpha value is 0.608. The van der Waals surface area contributed by atoms with Gasteiger partial charge in [-0.05, 0) is 13.1 Å². The molecule has 2 nitrogen and oxygen atoms in total. The molecule has 42 valence electrons. The fourth-order valence-corrected chi connectivity index (χ4v) is 0.553. The van der Waals surface area contributed by atoms with E-state index in [2.05, 4.69) is 10.6 Å². The molecule has 0 aromatic carbocycles. The maximum Gasteiger partial charge on any atom is 0 e. The van der Waals surface area contributed by atoms with Crippen LogP contribution in [0.4, 0.5) is 0 Å². The van der Waals surface area contributed by atoms with Gasteiger partial charge in [-0.1, -0.05) is 0 Å². The fraction of sp³-hybridized carbons (Fsp3) is 1.00. The van der Waals surface area contributed by atoms with Crippen LogP contribution in [0.5, 0.6) is 0 Å². The van der Waals surface area contributed by atoms with Crippen molar-refractivity contribution in [3.8, 4) is 0 Å². The summed E-state index contributed by atoms with van der Waals surface area (Å²) in [6.45, 7) is 4.19. The average molecular weight is 269 g/mol. The summed E-state index contributed by atoms with van der Waals surface area (Å²) in [4.78, 5) is 0. The van der Waals surface area contributed by atoms with Crippen molar-refractivity contribution in [3.63, 3.8) is 0 Å². The average Bonchev–Trinajstić information content (AvgIpc) is 1.72. The molecule has 0 atom stereocenters. The van der Waals surface area contributed by atoms with Gasteiger partial charge in [-0.2, -0.15) is 0 Å². The summed E-state index contributed by atoms with van der Waals surface area (Å²) in [6, 6.07) is 0. The van der Waals surface area contributed by atoms with Crippen molar-refractivity contribution < 1.29 is 21.1 Å². The van der Waals surface area contributed by atoms with E-state index in [1.165, 1.54) is 0 Å². The number of hydrogen-bond acceptors (Lipinski definition) is 1. The molecule has 7 heavy (non-hydrogen) atoms. The fourth-order valence-electron chi connectivity index (χ4n) is 0.553. The molecule has 0 aromatic rings. The Balaban J connectivity index is 0.000000360. The third-order valence-electron chi connectivity index (χ3n) is 0.893. The van der Waals surface area contributed by atoms with Crippen molar-refractivity contribution in [3.05, 3.63) is 5.32 Å². The summed E-state index contributed by atoms with van der Waals surface area (Å²) in [6.07, 6.45) is 0. The predicted octanol–water partition coefficient (Wildman–Crippen LogP) is -0.0392. The summed E-state index contributed by atoms with van der Waals surface area (Å²) < 4.78 is 0. The molecule has 0 saturated carbocycles. The topological polar surface area (TPSA) is 26.1 Å². The molecule has 3 heteroatoms. The van der Waals surface area contributed by atoms with Gasteiger partial charge in [-0.25, -0.2) is 0 Å². The Morgan fingerprint density at radius 3 is 1.86 bits per heavy atom. The van der Waals surface area contributed by atoms with Crippen LogP contribution in [0.2, 0.25) is 0 Å². The van der Waals surface area contributed by atoms with E-state index in [1.54, 1.807) is 0 Å². The minimum absolute atomic E-state index is 0. The molecule has 1 aliphatic rings. The van der Waals surface area contributed by atoms with Crippen molar-refractivity contribution in [2.45, 2.75) is 0 Å². The standard InChI is InChI=1S/C4H9N2.W/c1-2-6-4-3-5-1;/h5H,1-4H2;/q-1;. The largest absolute Gasteiger partial charge is 0.660 e. The molecule has 1 saturated heterocycles. The Morgan fingerprint density at radius 2 is 1.71 bits per heavy atom. The van der Waals surface area contributed by atoms with Gasteiger partial charge >= 0.3 is 0 Å². The number of nitrogens with one attached hydrogen (secondary N) is 1. The second kappa shape index (κ2) is 4.76. The van der Waals surface area contributed by atoms with Crippen molar-refractivity contribution in [1.82, 2.24) is 5.32 Å². The van der Waals surface area contributed by atoms with Gasteiger partial charge < -0.3 is 10.6 Å². The van der Waals surface area contributed by atoms with Crippen LogP contribution in [0.3, 0.4) is 0 Å². The van der Waals surface area contributed by atoms with E-state index in [0.29, 0.717) is 0 Å². The van der Waals surface area contributed by atoms with Gasteiger partial charge in [0, 0.05) is 21.1 Å². The molecule has 1 N–H and O–H groups in total. The van der Waals surface area contributed by atoms with Gasteiger partial charge in [0.1, 0.15) is 0 Å². The molecular formula is C4H9N2W-. The van der Waals surface area contributed by atoms with E-state index >= 15 is 0 Å². The first-order valence-corrected chi connectivity index (χ1v) is 2.34. The molecule has 1 heterocycles. The summed E-state index contributed by atoms with van der Waals surface area (Å²) in [7, 11) is 0. The second-order valence-electron chi connectivity index (χ2n) is 1.42. The number of rotatable bonds is 0. The smallest absolute Gasteiger partial charge is 0 e.